The lowest BCUT2D eigenvalue weighted by Gasteiger charge is -2.29. The van der Waals surface area contributed by atoms with E-state index in [1.165, 1.54) is 0 Å². The van der Waals surface area contributed by atoms with Crippen LogP contribution < -0.4 is 14.0 Å². The molecule has 1 unspecified atom stereocenters. The zero-order chi connectivity index (χ0) is 16.3. The molecule has 23 heavy (non-hydrogen) atoms. The molecule has 0 N–H and O–H groups in total. The van der Waals surface area contributed by atoms with Gasteiger partial charge >= 0.3 is 0 Å². The Hall–Kier alpha value is -1.03. The van der Waals surface area contributed by atoms with Crippen LogP contribution >= 0.6 is 10.8 Å². The number of halogens is 1. The van der Waals surface area contributed by atoms with Gasteiger partial charge in [-0.1, -0.05) is 36.4 Å². The van der Waals surface area contributed by atoms with Crippen LogP contribution in [0.2, 0.25) is 0 Å². The zero-order valence-electron chi connectivity index (χ0n) is 12.2. The Morgan fingerprint density at radius 2 is 1.78 bits per heavy atom. The molecule has 8 heteroatoms. The Morgan fingerprint density at radius 1 is 1.09 bits per heavy atom. The summed E-state index contributed by atoms with van der Waals surface area (Å²) in [5.41, 5.74) is 0.824. The van der Waals surface area contributed by atoms with Gasteiger partial charge in [-0.25, -0.2) is 0 Å². The van der Waals surface area contributed by atoms with Crippen LogP contribution in [0.4, 0.5) is 0 Å². The minimum Gasteiger partial charge on any atom is -0.379 e. The third-order valence-corrected chi connectivity index (χ3v) is 6.06. The van der Waals surface area contributed by atoms with Crippen molar-refractivity contribution in [3.05, 3.63) is 54.1 Å². The van der Waals surface area contributed by atoms with E-state index in [1.807, 2.05) is 41.3 Å². The van der Waals surface area contributed by atoms with Crippen LogP contribution in [0.1, 0.15) is 5.56 Å². The van der Waals surface area contributed by atoms with Gasteiger partial charge in [0.1, 0.15) is 3.74 Å². The lowest BCUT2D eigenvalue weighted by atomic mass is 10.2. The van der Waals surface area contributed by atoms with E-state index in [0.717, 1.165) is 5.56 Å². The van der Waals surface area contributed by atoms with E-state index in [-0.39, 0.29) is 0 Å². The standard InChI is InChI=1S/C15H16ClNO5S/c18-16(19,20)22-23-14(13-5-2-1-3-6-13)7-4-8-15(23)17-9-11-21-12-10-17/h1-8H,9-12H2. The number of benzene rings is 1. The largest absolute Gasteiger partial charge is 0.379 e. The fourth-order valence-corrected chi connectivity index (χ4v) is 4.95. The van der Waals surface area contributed by atoms with Crippen molar-refractivity contribution in [3.63, 3.8) is 0 Å². The van der Waals surface area contributed by atoms with Gasteiger partial charge in [-0.05, 0) is 17.7 Å². The second-order valence-electron chi connectivity index (χ2n) is 4.90. The Bertz CT molecular complexity index is 648. The summed E-state index contributed by atoms with van der Waals surface area (Å²) in [7, 11) is -5.82. The molecule has 1 atom stereocenters. The zero-order valence-corrected chi connectivity index (χ0v) is 13.8. The molecule has 1 saturated heterocycles. The molecule has 0 radical (unpaired) electrons. The number of hydrogen-bond acceptors (Lipinski definition) is 6. The quantitative estimate of drug-likeness (QED) is 0.655. The highest BCUT2D eigenvalue weighted by molar-refractivity contribution is 8.20. The molecule has 2 aliphatic heterocycles. The molecule has 1 aromatic rings. The van der Waals surface area contributed by atoms with E-state index >= 15 is 0 Å². The topological polar surface area (TPSA) is 90.9 Å². The predicted octanol–water partition coefficient (Wildman–Crippen LogP) is -0.843. The van der Waals surface area contributed by atoms with Gasteiger partial charge in [0, 0.05) is 13.1 Å². The number of allylic oxidation sites excluding steroid dienone is 2. The molecule has 0 spiro atoms. The molecule has 0 saturated carbocycles. The minimum absolute atomic E-state index is 0.556. The highest BCUT2D eigenvalue weighted by Gasteiger charge is 2.32. The first kappa shape index (κ1) is 16.8. The SMILES string of the molecule is [O-][Cl+3]([O-])([O-])OS1=C(N2CCOCC2)C=CC=C1c1ccccc1. The van der Waals surface area contributed by atoms with Gasteiger partial charge in [0.05, 0.1) is 33.4 Å². The first-order chi connectivity index (χ1) is 11.0. The summed E-state index contributed by atoms with van der Waals surface area (Å²) in [6.45, 7) is 2.37. The van der Waals surface area contributed by atoms with Crippen LogP contribution in [0, 0.1) is 10.2 Å². The Labute approximate surface area is 139 Å². The average molecular weight is 358 g/mol. The molecular formula is C15H16ClNO5S. The molecule has 0 amide bonds. The number of morpholine rings is 1. The number of ether oxygens (including phenoxy) is 1. The van der Waals surface area contributed by atoms with Gasteiger partial charge in [0.25, 0.3) is 0 Å². The third kappa shape index (κ3) is 4.28. The number of hydrogen-bond donors (Lipinski definition) is 0. The fraction of sp³-hybridized carbons (Fsp3) is 0.267. The van der Waals surface area contributed by atoms with Crippen molar-refractivity contribution in [1.29, 1.82) is 0 Å². The van der Waals surface area contributed by atoms with Gasteiger partial charge in [-0.3, -0.25) is 4.90 Å². The van der Waals surface area contributed by atoms with Gasteiger partial charge in [-0.15, -0.1) is 0 Å². The molecule has 1 fully saturated rings. The lowest BCUT2D eigenvalue weighted by molar-refractivity contribution is -1.91. The molecule has 6 nitrogen and oxygen atoms in total. The second-order valence-corrected chi connectivity index (χ2v) is 7.56. The van der Waals surface area contributed by atoms with Crippen LogP contribution in [-0.2, 0) is 8.47 Å². The Balaban J connectivity index is 2.03. The van der Waals surface area contributed by atoms with Crippen molar-refractivity contribution in [2.45, 2.75) is 0 Å². The van der Waals surface area contributed by atoms with Crippen LogP contribution in [0.3, 0.4) is 0 Å². The summed E-state index contributed by atoms with van der Waals surface area (Å²) < 4.78 is 43.8. The van der Waals surface area contributed by atoms with E-state index in [9.17, 15) is 14.0 Å². The summed E-state index contributed by atoms with van der Waals surface area (Å²) in [6, 6.07) is 9.30. The third-order valence-electron chi connectivity index (χ3n) is 3.40. The van der Waals surface area contributed by atoms with Crippen LogP contribution in [0.5, 0.6) is 0 Å². The van der Waals surface area contributed by atoms with Crippen molar-refractivity contribution < 1.29 is 32.7 Å². The molecule has 2 heterocycles. The van der Waals surface area contributed by atoms with Gasteiger partial charge in [0.2, 0.25) is 0 Å². The van der Waals surface area contributed by atoms with Crippen LogP contribution in [0.15, 0.2) is 48.6 Å². The molecule has 0 aromatic heterocycles. The fourth-order valence-electron chi connectivity index (χ4n) is 2.41. The summed E-state index contributed by atoms with van der Waals surface area (Å²) in [5.74, 6) is 0. The summed E-state index contributed by atoms with van der Waals surface area (Å²) >= 11 is 0. The van der Waals surface area contributed by atoms with E-state index in [4.69, 9.17) is 8.47 Å². The highest BCUT2D eigenvalue weighted by atomic mass is 35.7. The van der Waals surface area contributed by atoms with E-state index in [1.54, 1.807) is 12.2 Å². The van der Waals surface area contributed by atoms with Crippen molar-refractivity contribution in [2.75, 3.05) is 26.3 Å². The van der Waals surface area contributed by atoms with Crippen molar-refractivity contribution >= 4 is 20.7 Å². The highest BCUT2D eigenvalue weighted by Crippen LogP contribution is 2.41. The summed E-state index contributed by atoms with van der Waals surface area (Å²) in [4.78, 5) is 3.35. The molecule has 0 aliphatic carbocycles. The van der Waals surface area contributed by atoms with Crippen molar-refractivity contribution in [1.82, 2.24) is 4.90 Å². The molecule has 3 rings (SSSR count). The maximum absolute atomic E-state index is 11.2. The van der Waals surface area contributed by atoms with E-state index in [2.05, 4.69) is 0 Å². The predicted molar refractivity (Wildman–Crippen MR) is 79.6 cm³/mol. The first-order valence-electron chi connectivity index (χ1n) is 7.03. The van der Waals surface area contributed by atoms with Gasteiger partial charge in [0.15, 0.2) is 10.8 Å². The van der Waals surface area contributed by atoms with E-state index < -0.39 is 21.0 Å². The maximum atomic E-state index is 11.2. The molecule has 0 bridgehead atoms. The summed E-state index contributed by atoms with van der Waals surface area (Å²) in [5, 5.41) is 0. The van der Waals surface area contributed by atoms with Gasteiger partial charge < -0.3 is 4.74 Å². The molecule has 124 valence electrons. The Kier molecular flexibility index (Phi) is 5.30. The molecular weight excluding hydrogens is 342 g/mol. The van der Waals surface area contributed by atoms with E-state index in [0.29, 0.717) is 36.2 Å². The van der Waals surface area contributed by atoms with Crippen LogP contribution in [-0.4, -0.2) is 36.2 Å². The van der Waals surface area contributed by atoms with Crippen molar-refractivity contribution in [2.24, 2.45) is 0 Å². The normalized spacial score (nSPS) is 23.0. The van der Waals surface area contributed by atoms with Crippen molar-refractivity contribution in [3.8, 4) is 0 Å². The monoisotopic (exact) mass is 357 g/mol. The summed E-state index contributed by atoms with van der Waals surface area (Å²) in [6.07, 6.45) is 5.42. The smallest absolute Gasteiger partial charge is 0.158 e. The Morgan fingerprint density at radius 3 is 2.43 bits per heavy atom. The average Bonchev–Trinajstić information content (AvgIpc) is 2.55. The minimum atomic E-state index is -4.53. The second kappa shape index (κ2) is 7.25. The number of nitrogens with zero attached hydrogens (tertiary/aromatic N) is 1. The number of rotatable bonds is 3. The van der Waals surface area contributed by atoms with Crippen LogP contribution in [0.25, 0.3) is 4.91 Å². The first-order valence-corrected chi connectivity index (χ1v) is 9.41. The molecule has 2 aliphatic rings. The van der Waals surface area contributed by atoms with Gasteiger partial charge in [-0.2, -0.15) is 14.0 Å². The maximum Gasteiger partial charge on any atom is 0.158 e. The molecule has 1 aromatic carbocycles. The lowest BCUT2D eigenvalue weighted by Crippen LogP contribution is -2.60.